The van der Waals surface area contributed by atoms with E-state index in [2.05, 4.69) is 13.8 Å². The van der Waals surface area contributed by atoms with E-state index >= 15 is 0 Å². The second-order valence-electron chi connectivity index (χ2n) is 11.5. The Balaban J connectivity index is 1.46. The minimum Gasteiger partial charge on any atom is -0.446 e. The van der Waals surface area contributed by atoms with Crippen LogP contribution in [0.3, 0.4) is 0 Å². The molecule has 33 heavy (non-hydrogen) atoms. The molecule has 0 radical (unpaired) electrons. The average Bonchev–Trinajstić information content (AvgIpc) is 3.05. The van der Waals surface area contributed by atoms with Crippen LogP contribution in [-0.4, -0.2) is 67.3 Å². The lowest BCUT2D eigenvalue weighted by Gasteiger charge is -2.64. The van der Waals surface area contributed by atoms with Gasteiger partial charge in [-0.15, -0.1) is 0 Å². The van der Waals surface area contributed by atoms with E-state index in [4.69, 9.17) is 25.1 Å². The molecule has 4 aliphatic carbocycles. The zero-order valence-electron chi connectivity index (χ0n) is 20.7. The van der Waals surface area contributed by atoms with Crippen LogP contribution in [0, 0.1) is 28.6 Å². The van der Waals surface area contributed by atoms with Crippen molar-refractivity contribution in [2.45, 2.75) is 89.4 Å². The predicted octanol–water partition coefficient (Wildman–Crippen LogP) is 3.69. The zero-order chi connectivity index (χ0) is 24.0. The van der Waals surface area contributed by atoms with Crippen LogP contribution in [0.15, 0.2) is 0 Å². The first-order valence-electron chi connectivity index (χ1n) is 12.6. The van der Waals surface area contributed by atoms with Crippen molar-refractivity contribution in [1.82, 2.24) is 4.90 Å². The molecule has 4 saturated carbocycles. The maximum atomic E-state index is 12.3. The van der Waals surface area contributed by atoms with E-state index in [1.165, 1.54) is 12.0 Å². The van der Waals surface area contributed by atoms with Crippen molar-refractivity contribution in [3.05, 3.63) is 0 Å². The number of rotatable bonds is 4. The third-order valence-electron chi connectivity index (χ3n) is 10.3. The number of ether oxygens (including phenoxy) is 3. The number of hydrogen-bond donors (Lipinski definition) is 2. The van der Waals surface area contributed by atoms with Crippen molar-refractivity contribution in [3.8, 4) is 0 Å². The number of nitrogens with two attached hydrogens (primary N) is 1. The molecule has 8 heteroatoms. The van der Waals surface area contributed by atoms with Gasteiger partial charge in [0.1, 0.15) is 12.2 Å². The highest BCUT2D eigenvalue weighted by molar-refractivity contribution is 5.67. The molecule has 8 nitrogen and oxygen atoms in total. The second kappa shape index (κ2) is 8.91. The van der Waals surface area contributed by atoms with E-state index in [1.54, 1.807) is 7.05 Å². The molecule has 3 N–H and O–H groups in total. The lowest BCUT2D eigenvalue weighted by Crippen LogP contribution is -2.67. The third-order valence-corrected chi connectivity index (χ3v) is 10.3. The monoisotopic (exact) mass is 466 g/mol. The summed E-state index contributed by atoms with van der Waals surface area (Å²) in [6.45, 7) is 4.88. The topological polar surface area (TPSA) is 111 Å². The van der Waals surface area contributed by atoms with Gasteiger partial charge in [-0.3, -0.25) is 0 Å². The Bertz CT molecular complexity index is 763. The summed E-state index contributed by atoms with van der Waals surface area (Å²) >= 11 is 0. The van der Waals surface area contributed by atoms with E-state index in [-0.39, 0.29) is 47.8 Å². The van der Waals surface area contributed by atoms with Crippen LogP contribution in [0.4, 0.5) is 9.59 Å². The van der Waals surface area contributed by atoms with E-state index in [0.29, 0.717) is 17.8 Å². The highest BCUT2D eigenvalue weighted by Gasteiger charge is 2.67. The van der Waals surface area contributed by atoms with Crippen molar-refractivity contribution in [2.24, 2.45) is 34.3 Å². The average molecular weight is 467 g/mol. The highest BCUT2D eigenvalue weighted by atomic mass is 16.7. The van der Waals surface area contributed by atoms with Crippen molar-refractivity contribution < 1.29 is 28.9 Å². The maximum absolute atomic E-state index is 12.3. The van der Waals surface area contributed by atoms with Crippen LogP contribution >= 0.6 is 0 Å². The van der Waals surface area contributed by atoms with Gasteiger partial charge >= 0.3 is 12.2 Å². The Kier molecular flexibility index (Phi) is 6.64. The number of fused-ring (bicyclic) bond motifs is 5. The van der Waals surface area contributed by atoms with Crippen molar-refractivity contribution in [2.75, 3.05) is 27.3 Å². The zero-order valence-corrected chi connectivity index (χ0v) is 20.7. The molecular formula is C25H42N2O6. The number of aliphatic hydroxyl groups excluding tert-OH is 1. The van der Waals surface area contributed by atoms with Gasteiger partial charge in [0.2, 0.25) is 0 Å². The molecule has 4 rings (SSSR count). The summed E-state index contributed by atoms with van der Waals surface area (Å²) in [5.74, 6) is 1.48. The van der Waals surface area contributed by atoms with Gasteiger partial charge in [0, 0.05) is 24.5 Å². The van der Waals surface area contributed by atoms with Crippen LogP contribution in [0.2, 0.25) is 0 Å². The summed E-state index contributed by atoms with van der Waals surface area (Å²) in [6.07, 6.45) is 7.51. The van der Waals surface area contributed by atoms with Crippen LogP contribution in [0.5, 0.6) is 0 Å². The summed E-state index contributed by atoms with van der Waals surface area (Å²) in [4.78, 5) is 25.6. The van der Waals surface area contributed by atoms with Crippen LogP contribution < -0.4 is 5.73 Å². The number of methoxy groups -OCH3 is 1. The summed E-state index contributed by atoms with van der Waals surface area (Å²) < 4.78 is 16.3. The lowest BCUT2D eigenvalue weighted by atomic mass is 9.43. The van der Waals surface area contributed by atoms with Gasteiger partial charge in [0.15, 0.2) is 0 Å². The van der Waals surface area contributed by atoms with Crippen molar-refractivity contribution in [1.29, 1.82) is 0 Å². The van der Waals surface area contributed by atoms with Gasteiger partial charge in [-0.2, -0.15) is 0 Å². The Morgan fingerprint density at radius 3 is 2.48 bits per heavy atom. The first-order chi connectivity index (χ1) is 15.6. The Morgan fingerprint density at radius 2 is 1.79 bits per heavy atom. The summed E-state index contributed by atoms with van der Waals surface area (Å²) in [5, 5.41) is 9.08. The molecule has 0 aromatic carbocycles. The minimum absolute atomic E-state index is 0.0571. The largest absolute Gasteiger partial charge is 0.508 e. The molecule has 0 bridgehead atoms. The Hall–Kier alpha value is -1.54. The standard InChI is InChI=1S/C25H42N2O6/c1-23-10-7-17(32-21(29)27(3)13-14-28)15-16(23)5-6-19-18(23)8-11-24(2)20(33-22(30)31-4)9-12-25(19,24)26/h16-20,28H,5-15,26H2,1-4H3/t16-,17+,18+,19-,20+,23+,24-,25+/m1/s1. The van der Waals surface area contributed by atoms with Crippen molar-refractivity contribution in [3.63, 3.8) is 0 Å². The summed E-state index contributed by atoms with van der Waals surface area (Å²) in [7, 11) is 3.02. The third kappa shape index (κ3) is 3.91. The number of carbonyl (C=O) groups excluding carboxylic acids is 2. The molecule has 4 aliphatic rings. The Morgan fingerprint density at radius 1 is 1.03 bits per heavy atom. The fourth-order valence-corrected chi connectivity index (χ4v) is 8.17. The van der Waals surface area contributed by atoms with Gasteiger partial charge in [-0.1, -0.05) is 13.8 Å². The number of hydrogen-bond acceptors (Lipinski definition) is 7. The van der Waals surface area contributed by atoms with Gasteiger partial charge < -0.3 is 30.0 Å². The predicted molar refractivity (Wildman–Crippen MR) is 122 cm³/mol. The van der Waals surface area contributed by atoms with Crippen LogP contribution in [-0.2, 0) is 14.2 Å². The molecule has 0 heterocycles. The SMILES string of the molecule is COC(=O)O[C@H]1CC[C@]2(N)[C@@H]3CC[C@@H]4C[C@@H](OC(=O)N(C)CCO)CC[C@]4(C)[C@H]3CC[C@]12C. The molecule has 8 atom stereocenters. The lowest BCUT2D eigenvalue weighted by molar-refractivity contribution is -0.146. The first kappa shape index (κ1) is 24.6. The quantitative estimate of drug-likeness (QED) is 0.608. The first-order valence-corrected chi connectivity index (χ1v) is 12.6. The van der Waals surface area contributed by atoms with Gasteiger partial charge in [-0.25, -0.2) is 9.59 Å². The molecule has 0 aliphatic heterocycles. The Labute approximate surface area is 197 Å². The molecule has 0 aromatic heterocycles. The molecule has 0 aromatic rings. The molecule has 0 spiro atoms. The number of amides is 1. The van der Waals surface area contributed by atoms with Crippen LogP contribution in [0.1, 0.15) is 71.6 Å². The number of aliphatic hydroxyl groups is 1. The minimum atomic E-state index is -0.610. The molecule has 4 fully saturated rings. The molecule has 1 amide bonds. The molecule has 0 unspecified atom stereocenters. The van der Waals surface area contributed by atoms with Gasteiger partial charge in [0.05, 0.1) is 13.7 Å². The normalized spacial score (nSPS) is 44.1. The van der Waals surface area contributed by atoms with Crippen molar-refractivity contribution >= 4 is 12.2 Å². The maximum Gasteiger partial charge on any atom is 0.508 e. The molecule has 0 saturated heterocycles. The van der Waals surface area contributed by atoms with E-state index < -0.39 is 6.16 Å². The smallest absolute Gasteiger partial charge is 0.446 e. The van der Waals surface area contributed by atoms with Crippen LogP contribution in [0.25, 0.3) is 0 Å². The van der Waals surface area contributed by atoms with E-state index in [9.17, 15) is 9.59 Å². The molecular weight excluding hydrogens is 424 g/mol. The van der Waals surface area contributed by atoms with Gasteiger partial charge in [0.25, 0.3) is 0 Å². The molecule has 188 valence electrons. The summed E-state index contributed by atoms with van der Waals surface area (Å²) in [6, 6.07) is 0. The number of nitrogens with zero attached hydrogens (tertiary/aromatic N) is 1. The highest BCUT2D eigenvalue weighted by Crippen LogP contribution is 2.67. The van der Waals surface area contributed by atoms with E-state index in [1.807, 2.05) is 0 Å². The number of likely N-dealkylation sites (N-methyl/N-ethyl adjacent to an activating group) is 1. The van der Waals surface area contributed by atoms with E-state index in [0.717, 1.165) is 57.8 Å². The number of carbonyl (C=O) groups is 2. The fourth-order valence-electron chi connectivity index (χ4n) is 8.17. The summed E-state index contributed by atoms with van der Waals surface area (Å²) in [5.41, 5.74) is 6.90. The fraction of sp³-hybridized carbons (Fsp3) is 0.920. The van der Waals surface area contributed by atoms with Gasteiger partial charge in [-0.05, 0) is 81.0 Å². The second-order valence-corrected chi connectivity index (χ2v) is 11.5.